The Morgan fingerprint density at radius 3 is 2.62 bits per heavy atom. The molecular formula is C20H13BrN2O2S. The predicted octanol–water partition coefficient (Wildman–Crippen LogP) is 6.10. The number of nitrogens with zero attached hydrogens (tertiary/aromatic N) is 1. The fourth-order valence-electron chi connectivity index (χ4n) is 2.48. The van der Waals surface area contributed by atoms with Crippen LogP contribution in [-0.4, -0.2) is 10.9 Å². The van der Waals surface area contributed by atoms with Gasteiger partial charge in [-0.05, 0) is 42.5 Å². The highest BCUT2D eigenvalue weighted by atomic mass is 79.9. The molecule has 4 rings (SSSR count). The second-order valence-corrected chi connectivity index (χ2v) is 7.44. The standard InChI is InChI=1S/C20H13BrN2O2S/c21-13-10-11-16-18(12-13)26-20(22-16)23-19(24)15-8-4-5-9-17(15)25-14-6-2-1-3-7-14/h1-12H,(H,22,23,24). The summed E-state index contributed by atoms with van der Waals surface area (Å²) in [6, 6.07) is 22.4. The van der Waals surface area contributed by atoms with Gasteiger partial charge in [0, 0.05) is 4.47 Å². The number of carbonyl (C=O) groups is 1. The van der Waals surface area contributed by atoms with E-state index in [4.69, 9.17) is 4.74 Å². The Balaban J connectivity index is 1.59. The number of hydrogen-bond donors (Lipinski definition) is 1. The first-order chi connectivity index (χ1) is 12.7. The maximum Gasteiger partial charge on any atom is 0.261 e. The minimum absolute atomic E-state index is 0.255. The molecule has 0 bridgehead atoms. The van der Waals surface area contributed by atoms with Crippen molar-refractivity contribution in [1.82, 2.24) is 4.98 Å². The average Bonchev–Trinajstić information content (AvgIpc) is 3.04. The molecule has 26 heavy (non-hydrogen) atoms. The highest BCUT2D eigenvalue weighted by Crippen LogP contribution is 2.30. The van der Waals surface area contributed by atoms with Crippen molar-refractivity contribution in [1.29, 1.82) is 0 Å². The quantitative estimate of drug-likeness (QED) is 0.430. The largest absolute Gasteiger partial charge is 0.457 e. The summed E-state index contributed by atoms with van der Waals surface area (Å²) in [6.07, 6.45) is 0. The summed E-state index contributed by atoms with van der Waals surface area (Å²) in [5.41, 5.74) is 1.30. The Labute approximate surface area is 162 Å². The number of benzene rings is 3. The zero-order valence-electron chi connectivity index (χ0n) is 13.5. The fourth-order valence-corrected chi connectivity index (χ4v) is 3.89. The highest BCUT2D eigenvalue weighted by molar-refractivity contribution is 9.10. The zero-order chi connectivity index (χ0) is 17.9. The molecule has 1 N–H and O–H groups in total. The molecule has 0 atom stereocenters. The van der Waals surface area contributed by atoms with Crippen LogP contribution in [0.3, 0.4) is 0 Å². The molecule has 1 amide bonds. The SMILES string of the molecule is O=C(Nc1nc2ccc(Br)cc2s1)c1ccccc1Oc1ccccc1. The van der Waals surface area contributed by atoms with Gasteiger partial charge in [0.1, 0.15) is 11.5 Å². The van der Waals surface area contributed by atoms with Crippen LogP contribution in [0, 0.1) is 0 Å². The van der Waals surface area contributed by atoms with Crippen LogP contribution in [0.5, 0.6) is 11.5 Å². The molecule has 0 aliphatic rings. The Morgan fingerprint density at radius 2 is 1.77 bits per heavy atom. The highest BCUT2D eigenvalue weighted by Gasteiger charge is 2.15. The van der Waals surface area contributed by atoms with Crippen molar-refractivity contribution in [3.05, 3.63) is 82.8 Å². The Hall–Kier alpha value is -2.70. The fraction of sp³-hybridized carbons (Fsp3) is 0. The zero-order valence-corrected chi connectivity index (χ0v) is 15.9. The van der Waals surface area contributed by atoms with E-state index in [1.165, 1.54) is 11.3 Å². The normalized spacial score (nSPS) is 10.7. The Kier molecular flexibility index (Phi) is 4.69. The van der Waals surface area contributed by atoms with Gasteiger partial charge in [-0.25, -0.2) is 4.98 Å². The molecule has 0 aliphatic heterocycles. The van der Waals surface area contributed by atoms with Gasteiger partial charge >= 0.3 is 0 Å². The van der Waals surface area contributed by atoms with E-state index in [2.05, 4.69) is 26.2 Å². The van der Waals surface area contributed by atoms with Crippen molar-refractivity contribution < 1.29 is 9.53 Å². The summed E-state index contributed by atoms with van der Waals surface area (Å²) in [7, 11) is 0. The van der Waals surface area contributed by atoms with E-state index in [9.17, 15) is 4.79 Å². The number of para-hydroxylation sites is 2. The lowest BCUT2D eigenvalue weighted by molar-refractivity contribution is 0.102. The first kappa shape index (κ1) is 16.8. The van der Waals surface area contributed by atoms with Crippen molar-refractivity contribution in [2.24, 2.45) is 0 Å². The number of carbonyl (C=O) groups excluding carboxylic acids is 1. The predicted molar refractivity (Wildman–Crippen MR) is 108 cm³/mol. The number of thiazole rings is 1. The molecule has 1 aromatic heterocycles. The number of ether oxygens (including phenoxy) is 1. The third-order valence-electron chi connectivity index (χ3n) is 3.67. The van der Waals surface area contributed by atoms with Crippen LogP contribution in [0.1, 0.15) is 10.4 Å². The number of rotatable bonds is 4. The van der Waals surface area contributed by atoms with Gasteiger partial charge in [0.25, 0.3) is 5.91 Å². The molecule has 4 aromatic rings. The molecule has 0 saturated heterocycles. The van der Waals surface area contributed by atoms with E-state index in [-0.39, 0.29) is 5.91 Å². The van der Waals surface area contributed by atoms with E-state index in [0.717, 1.165) is 14.7 Å². The van der Waals surface area contributed by atoms with Crippen LogP contribution in [0.25, 0.3) is 10.2 Å². The van der Waals surface area contributed by atoms with Crippen molar-refractivity contribution in [2.75, 3.05) is 5.32 Å². The van der Waals surface area contributed by atoms with Crippen LogP contribution in [0.2, 0.25) is 0 Å². The van der Waals surface area contributed by atoms with E-state index < -0.39 is 0 Å². The van der Waals surface area contributed by atoms with Gasteiger partial charge in [-0.15, -0.1) is 0 Å². The van der Waals surface area contributed by atoms with Gasteiger partial charge in [-0.2, -0.15) is 0 Å². The number of anilines is 1. The monoisotopic (exact) mass is 424 g/mol. The summed E-state index contributed by atoms with van der Waals surface area (Å²) in [6.45, 7) is 0. The van der Waals surface area contributed by atoms with Crippen LogP contribution < -0.4 is 10.1 Å². The summed E-state index contributed by atoms with van der Waals surface area (Å²) < 4.78 is 7.84. The molecule has 3 aromatic carbocycles. The number of nitrogens with one attached hydrogen (secondary N) is 1. The van der Waals surface area contributed by atoms with Crippen LogP contribution in [0.4, 0.5) is 5.13 Å². The first-order valence-corrected chi connectivity index (χ1v) is 9.49. The van der Waals surface area contributed by atoms with Crippen molar-refractivity contribution >= 4 is 48.5 Å². The molecule has 0 spiro atoms. The van der Waals surface area contributed by atoms with Crippen LogP contribution >= 0.6 is 27.3 Å². The summed E-state index contributed by atoms with van der Waals surface area (Å²) >= 11 is 4.88. The van der Waals surface area contributed by atoms with Gasteiger partial charge in [-0.3, -0.25) is 10.1 Å². The maximum atomic E-state index is 12.7. The summed E-state index contributed by atoms with van der Waals surface area (Å²) in [5, 5.41) is 3.42. The minimum Gasteiger partial charge on any atom is -0.457 e. The van der Waals surface area contributed by atoms with E-state index >= 15 is 0 Å². The second-order valence-electron chi connectivity index (χ2n) is 5.50. The third kappa shape index (κ3) is 3.61. The number of aromatic nitrogens is 1. The first-order valence-electron chi connectivity index (χ1n) is 7.88. The molecule has 1 heterocycles. The van der Waals surface area contributed by atoms with Gasteiger partial charge in [0.2, 0.25) is 0 Å². The minimum atomic E-state index is -0.255. The molecule has 0 fully saturated rings. The molecule has 6 heteroatoms. The molecule has 0 unspecified atom stereocenters. The smallest absolute Gasteiger partial charge is 0.261 e. The van der Waals surface area contributed by atoms with Crippen molar-refractivity contribution in [3.63, 3.8) is 0 Å². The van der Waals surface area contributed by atoms with Gasteiger partial charge in [0.15, 0.2) is 5.13 Å². The molecule has 128 valence electrons. The molecule has 4 nitrogen and oxygen atoms in total. The Bertz CT molecular complexity index is 1080. The molecular weight excluding hydrogens is 412 g/mol. The van der Waals surface area contributed by atoms with Crippen LogP contribution in [-0.2, 0) is 0 Å². The van der Waals surface area contributed by atoms with Crippen molar-refractivity contribution in [2.45, 2.75) is 0 Å². The van der Waals surface area contributed by atoms with Crippen LogP contribution in [0.15, 0.2) is 77.3 Å². The number of amides is 1. The van der Waals surface area contributed by atoms with E-state index in [0.29, 0.717) is 22.2 Å². The maximum absolute atomic E-state index is 12.7. The van der Waals surface area contributed by atoms with E-state index in [1.54, 1.807) is 12.1 Å². The lowest BCUT2D eigenvalue weighted by Gasteiger charge is -2.10. The number of hydrogen-bond acceptors (Lipinski definition) is 4. The lowest BCUT2D eigenvalue weighted by Crippen LogP contribution is -2.12. The molecule has 0 radical (unpaired) electrons. The third-order valence-corrected chi connectivity index (χ3v) is 5.10. The molecule has 0 aliphatic carbocycles. The summed E-state index contributed by atoms with van der Waals surface area (Å²) in [4.78, 5) is 17.2. The summed E-state index contributed by atoms with van der Waals surface area (Å²) in [5.74, 6) is 0.923. The second kappa shape index (κ2) is 7.27. The van der Waals surface area contributed by atoms with Gasteiger partial charge < -0.3 is 4.74 Å². The lowest BCUT2D eigenvalue weighted by atomic mass is 10.2. The average molecular weight is 425 g/mol. The van der Waals surface area contributed by atoms with Gasteiger partial charge in [0.05, 0.1) is 15.8 Å². The molecule has 0 saturated carbocycles. The number of halogens is 1. The van der Waals surface area contributed by atoms with Crippen molar-refractivity contribution in [3.8, 4) is 11.5 Å². The number of fused-ring (bicyclic) bond motifs is 1. The van der Waals surface area contributed by atoms with Gasteiger partial charge in [-0.1, -0.05) is 57.6 Å². The Morgan fingerprint density at radius 1 is 1.00 bits per heavy atom. The van der Waals surface area contributed by atoms with E-state index in [1.807, 2.05) is 60.7 Å². The topological polar surface area (TPSA) is 51.2 Å².